The number of nitrogens with two attached hydrogens (primary N) is 2. The molecule has 0 aliphatic rings. The van der Waals surface area contributed by atoms with Crippen LogP contribution in [0.1, 0.15) is 11.6 Å². The van der Waals surface area contributed by atoms with E-state index < -0.39 is 0 Å². The third-order valence-electron chi connectivity index (χ3n) is 1.69. The summed E-state index contributed by atoms with van der Waals surface area (Å²) in [6, 6.07) is 7.45. The van der Waals surface area contributed by atoms with E-state index in [1.165, 1.54) is 0 Å². The molecule has 0 aliphatic carbocycles. The summed E-state index contributed by atoms with van der Waals surface area (Å²) < 4.78 is 4.93. The Hall–Kier alpha value is -1.06. The SMILES string of the molecule is COC[C@H](N)c1cccc(N)c1. The highest BCUT2D eigenvalue weighted by atomic mass is 16.5. The van der Waals surface area contributed by atoms with Crippen molar-refractivity contribution >= 4 is 5.69 Å². The molecular formula is C9H14N2O. The van der Waals surface area contributed by atoms with Gasteiger partial charge in [0.05, 0.1) is 12.6 Å². The maximum atomic E-state index is 5.79. The Morgan fingerprint density at radius 1 is 1.50 bits per heavy atom. The third-order valence-corrected chi connectivity index (χ3v) is 1.69. The van der Waals surface area contributed by atoms with Gasteiger partial charge in [-0.15, -0.1) is 0 Å². The summed E-state index contributed by atoms with van der Waals surface area (Å²) in [6.45, 7) is 0.517. The minimum Gasteiger partial charge on any atom is -0.399 e. The predicted octanol–water partition coefficient (Wildman–Crippen LogP) is 0.915. The van der Waals surface area contributed by atoms with Crippen LogP contribution in [0.25, 0.3) is 0 Å². The lowest BCUT2D eigenvalue weighted by atomic mass is 10.1. The standard InChI is InChI=1S/C9H14N2O/c1-12-6-9(11)7-3-2-4-8(10)5-7/h2-5,9H,6,10-11H2,1H3/t9-/m0/s1. The van der Waals surface area contributed by atoms with Crippen LogP contribution >= 0.6 is 0 Å². The normalized spacial score (nSPS) is 12.8. The average molecular weight is 166 g/mol. The van der Waals surface area contributed by atoms with Crippen molar-refractivity contribution < 1.29 is 4.74 Å². The number of nitrogen functional groups attached to an aromatic ring is 1. The second-order valence-corrected chi connectivity index (χ2v) is 2.73. The minimum atomic E-state index is -0.0847. The number of rotatable bonds is 3. The van der Waals surface area contributed by atoms with Crippen LogP contribution in [0, 0.1) is 0 Å². The number of hydrogen-bond acceptors (Lipinski definition) is 3. The molecule has 0 saturated heterocycles. The van der Waals surface area contributed by atoms with Gasteiger partial charge in [0.2, 0.25) is 0 Å². The minimum absolute atomic E-state index is 0.0847. The van der Waals surface area contributed by atoms with E-state index in [0.717, 1.165) is 11.3 Å². The summed E-state index contributed by atoms with van der Waals surface area (Å²) in [6.07, 6.45) is 0. The summed E-state index contributed by atoms with van der Waals surface area (Å²) in [5.74, 6) is 0. The molecule has 1 rings (SSSR count). The van der Waals surface area contributed by atoms with Gasteiger partial charge in [-0.3, -0.25) is 0 Å². The molecule has 0 fully saturated rings. The second-order valence-electron chi connectivity index (χ2n) is 2.73. The van der Waals surface area contributed by atoms with Gasteiger partial charge in [-0.25, -0.2) is 0 Å². The second kappa shape index (κ2) is 4.09. The zero-order valence-corrected chi connectivity index (χ0v) is 7.16. The van der Waals surface area contributed by atoms with Crippen molar-refractivity contribution in [1.29, 1.82) is 0 Å². The van der Waals surface area contributed by atoms with Crippen molar-refractivity contribution in [2.45, 2.75) is 6.04 Å². The lowest BCUT2D eigenvalue weighted by Crippen LogP contribution is -2.16. The first-order valence-electron chi connectivity index (χ1n) is 3.84. The highest BCUT2D eigenvalue weighted by Crippen LogP contribution is 2.13. The van der Waals surface area contributed by atoms with E-state index in [9.17, 15) is 0 Å². The Kier molecular flexibility index (Phi) is 3.08. The Bertz CT molecular complexity index is 250. The van der Waals surface area contributed by atoms with Crippen LogP contribution in [0.3, 0.4) is 0 Å². The van der Waals surface area contributed by atoms with Crippen molar-refractivity contribution in [1.82, 2.24) is 0 Å². The van der Waals surface area contributed by atoms with E-state index in [2.05, 4.69) is 0 Å². The van der Waals surface area contributed by atoms with E-state index in [-0.39, 0.29) is 6.04 Å². The van der Waals surface area contributed by atoms with E-state index in [1.807, 2.05) is 24.3 Å². The summed E-state index contributed by atoms with van der Waals surface area (Å²) in [5, 5.41) is 0. The molecule has 0 heterocycles. The van der Waals surface area contributed by atoms with Crippen molar-refractivity contribution in [3.63, 3.8) is 0 Å². The molecule has 0 bridgehead atoms. The largest absolute Gasteiger partial charge is 0.399 e. The Labute approximate surface area is 72.3 Å². The molecule has 0 aliphatic heterocycles. The summed E-state index contributed by atoms with van der Waals surface area (Å²) >= 11 is 0. The van der Waals surface area contributed by atoms with Gasteiger partial charge in [-0.05, 0) is 17.7 Å². The van der Waals surface area contributed by atoms with Crippen molar-refractivity contribution in [2.24, 2.45) is 5.73 Å². The Balaban J connectivity index is 2.73. The summed E-state index contributed by atoms with van der Waals surface area (Å²) in [4.78, 5) is 0. The number of ether oxygens (including phenoxy) is 1. The van der Waals surface area contributed by atoms with Crippen LogP contribution in [0.2, 0.25) is 0 Å². The number of anilines is 1. The van der Waals surface area contributed by atoms with Crippen LogP contribution in [0.15, 0.2) is 24.3 Å². The number of benzene rings is 1. The molecule has 0 radical (unpaired) electrons. The molecule has 0 aromatic heterocycles. The molecule has 12 heavy (non-hydrogen) atoms. The fourth-order valence-corrected chi connectivity index (χ4v) is 1.07. The molecule has 0 spiro atoms. The highest BCUT2D eigenvalue weighted by Gasteiger charge is 2.04. The summed E-state index contributed by atoms with van der Waals surface area (Å²) in [7, 11) is 1.63. The molecule has 1 aromatic rings. The lowest BCUT2D eigenvalue weighted by molar-refractivity contribution is 0.181. The topological polar surface area (TPSA) is 61.3 Å². The molecule has 0 amide bonds. The zero-order valence-electron chi connectivity index (χ0n) is 7.16. The molecule has 1 aromatic carbocycles. The van der Waals surface area contributed by atoms with Gasteiger partial charge < -0.3 is 16.2 Å². The average Bonchev–Trinajstić information content (AvgIpc) is 2.05. The highest BCUT2D eigenvalue weighted by molar-refractivity contribution is 5.41. The summed E-state index contributed by atoms with van der Waals surface area (Å²) in [5.41, 5.74) is 13.1. The van der Waals surface area contributed by atoms with Crippen molar-refractivity contribution in [3.8, 4) is 0 Å². The molecule has 1 atom stereocenters. The van der Waals surface area contributed by atoms with Crippen LogP contribution in [-0.4, -0.2) is 13.7 Å². The maximum absolute atomic E-state index is 5.79. The Morgan fingerprint density at radius 2 is 2.25 bits per heavy atom. The van der Waals surface area contributed by atoms with E-state index >= 15 is 0 Å². The first kappa shape index (κ1) is 9.03. The van der Waals surface area contributed by atoms with E-state index in [0.29, 0.717) is 6.61 Å². The zero-order chi connectivity index (χ0) is 8.97. The van der Waals surface area contributed by atoms with Gasteiger partial charge in [-0.1, -0.05) is 12.1 Å². The molecule has 3 nitrogen and oxygen atoms in total. The van der Waals surface area contributed by atoms with Crippen LogP contribution in [-0.2, 0) is 4.74 Å². The van der Waals surface area contributed by atoms with Crippen LogP contribution < -0.4 is 11.5 Å². The third kappa shape index (κ3) is 2.22. The van der Waals surface area contributed by atoms with Gasteiger partial charge in [0.15, 0.2) is 0 Å². The smallest absolute Gasteiger partial charge is 0.0655 e. The van der Waals surface area contributed by atoms with Gasteiger partial charge >= 0.3 is 0 Å². The molecule has 66 valence electrons. The first-order valence-corrected chi connectivity index (χ1v) is 3.84. The van der Waals surface area contributed by atoms with Crippen LogP contribution in [0.5, 0.6) is 0 Å². The van der Waals surface area contributed by atoms with Crippen LogP contribution in [0.4, 0.5) is 5.69 Å². The quantitative estimate of drug-likeness (QED) is 0.656. The molecule has 4 N–H and O–H groups in total. The fraction of sp³-hybridized carbons (Fsp3) is 0.333. The van der Waals surface area contributed by atoms with Gasteiger partial charge in [-0.2, -0.15) is 0 Å². The maximum Gasteiger partial charge on any atom is 0.0655 e. The Morgan fingerprint density at radius 3 is 2.83 bits per heavy atom. The van der Waals surface area contributed by atoms with E-state index in [4.69, 9.17) is 16.2 Å². The van der Waals surface area contributed by atoms with E-state index in [1.54, 1.807) is 7.11 Å². The van der Waals surface area contributed by atoms with Gasteiger partial charge in [0, 0.05) is 12.8 Å². The molecular weight excluding hydrogens is 152 g/mol. The van der Waals surface area contributed by atoms with Crippen molar-refractivity contribution in [2.75, 3.05) is 19.5 Å². The molecule has 0 unspecified atom stereocenters. The monoisotopic (exact) mass is 166 g/mol. The number of hydrogen-bond donors (Lipinski definition) is 2. The number of methoxy groups -OCH3 is 1. The van der Waals surface area contributed by atoms with Crippen molar-refractivity contribution in [3.05, 3.63) is 29.8 Å². The fourth-order valence-electron chi connectivity index (χ4n) is 1.07. The molecule has 3 heteroatoms. The lowest BCUT2D eigenvalue weighted by Gasteiger charge is -2.10. The first-order chi connectivity index (χ1) is 5.74. The predicted molar refractivity (Wildman–Crippen MR) is 49.7 cm³/mol. The molecule has 0 saturated carbocycles. The van der Waals surface area contributed by atoms with Gasteiger partial charge in [0.25, 0.3) is 0 Å². The van der Waals surface area contributed by atoms with Gasteiger partial charge in [0.1, 0.15) is 0 Å².